The summed E-state index contributed by atoms with van der Waals surface area (Å²) in [4.78, 5) is 4.06. The first-order chi connectivity index (χ1) is 15.9. The summed E-state index contributed by atoms with van der Waals surface area (Å²) in [5, 5.41) is 17.7. The molecule has 0 aliphatic rings. The van der Waals surface area contributed by atoms with Crippen LogP contribution in [0.4, 0.5) is 22.0 Å². The number of nitrogens with zero attached hydrogens (tertiary/aromatic N) is 4. The van der Waals surface area contributed by atoms with Crippen LogP contribution in [0.5, 0.6) is 11.6 Å². The standard InChI is InChI=1S/C21H15F5N4O3/c22-15-8-17(24)16(23)7-14(15)12(9-31)10-32-20-19-29-28-18(30(19)6-5-27-20)11-1-3-13(4-2-11)33-21(25)26/h1-8,12,21,31H,9-10H2. The van der Waals surface area contributed by atoms with Gasteiger partial charge in [0, 0.05) is 29.9 Å². The van der Waals surface area contributed by atoms with Crippen LogP contribution in [0.1, 0.15) is 11.5 Å². The lowest BCUT2D eigenvalue weighted by atomic mass is 10.00. The zero-order valence-electron chi connectivity index (χ0n) is 16.6. The van der Waals surface area contributed by atoms with Crippen LogP contribution in [0.2, 0.25) is 0 Å². The van der Waals surface area contributed by atoms with Gasteiger partial charge in [0.1, 0.15) is 11.6 Å². The van der Waals surface area contributed by atoms with E-state index >= 15 is 0 Å². The molecule has 2 heterocycles. The number of benzene rings is 2. The van der Waals surface area contributed by atoms with E-state index in [2.05, 4.69) is 19.9 Å². The summed E-state index contributed by atoms with van der Waals surface area (Å²) in [5.74, 6) is -4.30. The highest BCUT2D eigenvalue weighted by Gasteiger charge is 2.21. The van der Waals surface area contributed by atoms with E-state index in [4.69, 9.17) is 4.74 Å². The van der Waals surface area contributed by atoms with E-state index in [9.17, 15) is 27.1 Å². The molecule has 0 aliphatic heterocycles. The minimum atomic E-state index is -2.95. The minimum Gasteiger partial charge on any atom is -0.474 e. The third kappa shape index (κ3) is 4.70. The second-order valence-electron chi connectivity index (χ2n) is 6.83. The molecule has 1 N–H and O–H groups in total. The normalized spacial score (nSPS) is 12.3. The van der Waals surface area contributed by atoms with Gasteiger partial charge in [-0.3, -0.25) is 4.40 Å². The maximum Gasteiger partial charge on any atom is 0.387 e. The maximum atomic E-state index is 14.1. The largest absolute Gasteiger partial charge is 0.474 e. The molecule has 1 unspecified atom stereocenters. The summed E-state index contributed by atoms with van der Waals surface area (Å²) in [5.41, 5.74) is 0.470. The van der Waals surface area contributed by atoms with Crippen LogP contribution in [-0.4, -0.2) is 44.5 Å². The van der Waals surface area contributed by atoms with Crippen molar-refractivity contribution in [1.82, 2.24) is 19.6 Å². The van der Waals surface area contributed by atoms with Gasteiger partial charge in [0.05, 0.1) is 13.2 Å². The zero-order chi connectivity index (χ0) is 23.5. The van der Waals surface area contributed by atoms with E-state index < -0.39 is 36.6 Å². The van der Waals surface area contributed by atoms with E-state index in [1.54, 1.807) is 6.20 Å². The summed E-state index contributed by atoms with van der Waals surface area (Å²) in [6, 6.07) is 6.80. The Morgan fingerprint density at radius 1 is 0.970 bits per heavy atom. The van der Waals surface area contributed by atoms with Crippen molar-refractivity contribution in [3.63, 3.8) is 0 Å². The average molecular weight is 466 g/mol. The molecular formula is C21H15F5N4O3. The van der Waals surface area contributed by atoms with Crippen molar-refractivity contribution < 1.29 is 36.5 Å². The Labute approximate surface area is 183 Å². The van der Waals surface area contributed by atoms with Crippen molar-refractivity contribution in [1.29, 1.82) is 0 Å². The van der Waals surface area contributed by atoms with Gasteiger partial charge >= 0.3 is 6.61 Å². The quantitative estimate of drug-likeness (QED) is 0.313. The predicted octanol–water partition coefficient (Wildman–Crippen LogP) is 3.96. The van der Waals surface area contributed by atoms with Crippen LogP contribution in [0, 0.1) is 17.5 Å². The minimum absolute atomic E-state index is 0.00431. The number of halogens is 5. The number of hydrogen-bond acceptors (Lipinski definition) is 6. The average Bonchev–Trinajstić information content (AvgIpc) is 3.22. The van der Waals surface area contributed by atoms with Crippen LogP contribution >= 0.6 is 0 Å². The molecule has 33 heavy (non-hydrogen) atoms. The Morgan fingerprint density at radius 3 is 2.39 bits per heavy atom. The number of rotatable bonds is 8. The highest BCUT2D eigenvalue weighted by atomic mass is 19.3. The van der Waals surface area contributed by atoms with E-state index in [1.807, 2.05) is 0 Å². The van der Waals surface area contributed by atoms with E-state index in [0.29, 0.717) is 23.5 Å². The fourth-order valence-electron chi connectivity index (χ4n) is 3.16. The molecule has 0 bridgehead atoms. The van der Waals surface area contributed by atoms with Gasteiger partial charge in [-0.1, -0.05) is 0 Å². The highest BCUT2D eigenvalue weighted by molar-refractivity contribution is 5.62. The molecule has 0 fully saturated rings. The fourth-order valence-corrected chi connectivity index (χ4v) is 3.16. The summed E-state index contributed by atoms with van der Waals surface area (Å²) in [6.45, 7) is -3.86. The molecule has 0 aliphatic carbocycles. The number of aliphatic hydroxyl groups is 1. The number of aliphatic hydroxyl groups excluding tert-OH is 1. The summed E-state index contributed by atoms with van der Waals surface area (Å²) >= 11 is 0. The Kier molecular flexibility index (Phi) is 6.36. The molecule has 7 nitrogen and oxygen atoms in total. The van der Waals surface area contributed by atoms with Crippen LogP contribution in [-0.2, 0) is 0 Å². The van der Waals surface area contributed by atoms with Crippen molar-refractivity contribution in [3.05, 3.63) is 71.8 Å². The lowest BCUT2D eigenvalue weighted by molar-refractivity contribution is -0.0498. The van der Waals surface area contributed by atoms with Gasteiger partial charge in [0.15, 0.2) is 17.5 Å². The van der Waals surface area contributed by atoms with Crippen molar-refractivity contribution in [2.45, 2.75) is 12.5 Å². The van der Waals surface area contributed by atoms with Gasteiger partial charge < -0.3 is 14.6 Å². The molecule has 172 valence electrons. The first-order valence-corrected chi connectivity index (χ1v) is 9.50. The second-order valence-corrected chi connectivity index (χ2v) is 6.83. The van der Waals surface area contributed by atoms with Crippen LogP contribution in [0.25, 0.3) is 17.0 Å². The van der Waals surface area contributed by atoms with Crippen molar-refractivity contribution in [2.75, 3.05) is 13.2 Å². The smallest absolute Gasteiger partial charge is 0.387 e. The molecule has 0 radical (unpaired) electrons. The monoisotopic (exact) mass is 466 g/mol. The second kappa shape index (κ2) is 9.36. The Hall–Kier alpha value is -3.80. The molecule has 0 spiro atoms. The van der Waals surface area contributed by atoms with E-state index in [1.165, 1.54) is 34.9 Å². The van der Waals surface area contributed by atoms with Crippen molar-refractivity contribution in [2.24, 2.45) is 0 Å². The van der Waals surface area contributed by atoms with Crippen LogP contribution in [0.3, 0.4) is 0 Å². The lowest BCUT2D eigenvalue weighted by Gasteiger charge is -2.16. The highest BCUT2D eigenvalue weighted by Crippen LogP contribution is 2.27. The SMILES string of the molecule is OCC(COc1nccn2c(-c3ccc(OC(F)F)cc3)nnc12)c1cc(F)c(F)cc1F. The molecule has 0 saturated heterocycles. The first-order valence-electron chi connectivity index (χ1n) is 9.50. The van der Waals surface area contributed by atoms with Gasteiger partial charge in [0.25, 0.3) is 5.88 Å². The molecule has 1 atom stereocenters. The number of hydrogen-bond donors (Lipinski definition) is 1. The predicted molar refractivity (Wildman–Crippen MR) is 104 cm³/mol. The van der Waals surface area contributed by atoms with E-state index in [0.717, 1.165) is 0 Å². The van der Waals surface area contributed by atoms with Crippen LogP contribution < -0.4 is 9.47 Å². The molecule has 2 aromatic heterocycles. The molecule has 4 rings (SSSR count). The third-order valence-electron chi connectivity index (χ3n) is 4.75. The molecular weight excluding hydrogens is 451 g/mol. The number of alkyl halides is 2. The van der Waals surface area contributed by atoms with Crippen molar-refractivity contribution >= 4 is 5.65 Å². The number of fused-ring (bicyclic) bond motifs is 1. The number of ether oxygens (including phenoxy) is 2. The van der Waals surface area contributed by atoms with Gasteiger partial charge in [-0.05, 0) is 35.9 Å². The summed E-state index contributed by atoms with van der Waals surface area (Å²) in [7, 11) is 0. The Balaban J connectivity index is 1.57. The number of aromatic nitrogens is 4. The summed E-state index contributed by atoms with van der Waals surface area (Å²) < 4.78 is 76.9. The molecule has 0 amide bonds. The fraction of sp³-hybridized carbons (Fsp3) is 0.190. The summed E-state index contributed by atoms with van der Waals surface area (Å²) in [6.07, 6.45) is 2.93. The molecule has 2 aromatic carbocycles. The van der Waals surface area contributed by atoms with Crippen molar-refractivity contribution in [3.8, 4) is 23.0 Å². The lowest BCUT2D eigenvalue weighted by Crippen LogP contribution is -2.17. The molecule has 12 heteroatoms. The Morgan fingerprint density at radius 2 is 1.70 bits per heavy atom. The molecule has 4 aromatic rings. The first kappa shape index (κ1) is 22.4. The van der Waals surface area contributed by atoms with Crippen LogP contribution in [0.15, 0.2) is 48.8 Å². The zero-order valence-corrected chi connectivity index (χ0v) is 16.6. The van der Waals surface area contributed by atoms with Gasteiger partial charge in [-0.25, -0.2) is 18.2 Å². The topological polar surface area (TPSA) is 81.8 Å². The van der Waals surface area contributed by atoms with Gasteiger partial charge in [-0.15, -0.1) is 10.2 Å². The van der Waals surface area contributed by atoms with Gasteiger partial charge in [-0.2, -0.15) is 8.78 Å². The Bertz CT molecular complexity index is 1270. The molecule has 0 saturated carbocycles. The third-order valence-corrected chi connectivity index (χ3v) is 4.75. The van der Waals surface area contributed by atoms with E-state index in [-0.39, 0.29) is 29.4 Å². The maximum absolute atomic E-state index is 14.1. The van der Waals surface area contributed by atoms with Gasteiger partial charge in [0.2, 0.25) is 5.65 Å².